The maximum atomic E-state index is 12.0. The fourth-order valence-corrected chi connectivity index (χ4v) is 2.44. The molecule has 11 nitrogen and oxygen atoms in total. The first kappa shape index (κ1) is 15.6. The van der Waals surface area contributed by atoms with Gasteiger partial charge in [0.25, 0.3) is 5.56 Å². The third-order valence-corrected chi connectivity index (χ3v) is 3.58. The first-order chi connectivity index (χ1) is 11.1. The highest BCUT2D eigenvalue weighted by molar-refractivity contribution is 5.71. The number of aliphatic hydroxyl groups excluding tert-OH is 3. The number of ether oxygens (including phenoxy) is 1. The third kappa shape index (κ3) is 2.59. The van der Waals surface area contributed by atoms with Gasteiger partial charge in [0.05, 0.1) is 19.5 Å². The van der Waals surface area contributed by atoms with Gasteiger partial charge in [-0.25, -0.2) is 4.98 Å². The van der Waals surface area contributed by atoms with Gasteiger partial charge in [0, 0.05) is 0 Å². The maximum Gasteiger partial charge on any atom is 0.280 e. The van der Waals surface area contributed by atoms with Crippen molar-refractivity contribution in [2.75, 3.05) is 18.5 Å². The smallest absolute Gasteiger partial charge is 0.280 e. The van der Waals surface area contributed by atoms with Crippen LogP contribution in [0.4, 0.5) is 5.95 Å². The molecule has 1 saturated heterocycles. The number of rotatable bonds is 5. The molecule has 0 aromatic carbocycles. The summed E-state index contributed by atoms with van der Waals surface area (Å²) in [4.78, 5) is 32.8. The van der Waals surface area contributed by atoms with Gasteiger partial charge in [-0.3, -0.25) is 14.3 Å². The number of carbonyl (C=O) groups is 1. The van der Waals surface area contributed by atoms with Crippen LogP contribution in [0.15, 0.2) is 11.1 Å². The van der Waals surface area contributed by atoms with E-state index in [0.29, 0.717) is 6.29 Å². The number of carbonyl (C=O) groups excluding carboxylic acids is 1. The zero-order valence-corrected chi connectivity index (χ0v) is 11.8. The molecule has 3 heterocycles. The summed E-state index contributed by atoms with van der Waals surface area (Å²) in [7, 11) is 0. The molecule has 11 heteroatoms. The van der Waals surface area contributed by atoms with Gasteiger partial charge in [0.1, 0.15) is 24.6 Å². The van der Waals surface area contributed by atoms with E-state index in [9.17, 15) is 19.8 Å². The Labute approximate surface area is 128 Å². The molecule has 0 radical (unpaired) electrons. The second-order valence-electron chi connectivity index (χ2n) is 5.02. The van der Waals surface area contributed by atoms with E-state index in [4.69, 9.17) is 9.84 Å². The molecule has 23 heavy (non-hydrogen) atoms. The van der Waals surface area contributed by atoms with E-state index < -0.39 is 36.7 Å². The van der Waals surface area contributed by atoms with Gasteiger partial charge in [-0.15, -0.1) is 0 Å². The first-order valence-corrected chi connectivity index (χ1v) is 6.83. The lowest BCUT2D eigenvalue weighted by Gasteiger charge is -2.16. The summed E-state index contributed by atoms with van der Waals surface area (Å²) >= 11 is 0. The average Bonchev–Trinajstić information content (AvgIpc) is 3.08. The number of nitrogens with one attached hydrogen (secondary N) is 2. The van der Waals surface area contributed by atoms with Crippen LogP contribution in [0.25, 0.3) is 11.2 Å². The molecule has 2 unspecified atom stereocenters. The number of aromatic amines is 1. The van der Waals surface area contributed by atoms with Crippen molar-refractivity contribution in [3.63, 3.8) is 0 Å². The van der Waals surface area contributed by atoms with E-state index in [-0.39, 0.29) is 23.7 Å². The Balaban J connectivity index is 2.03. The zero-order valence-electron chi connectivity index (χ0n) is 11.8. The SMILES string of the molecule is O=CCNc1nc2c(ncn2[C@@H]2O[C@H](CO)C(O)C2O)c(=O)[nH]1. The summed E-state index contributed by atoms with van der Waals surface area (Å²) in [5.41, 5.74) is -0.412. The topological polar surface area (TPSA) is 163 Å². The molecule has 1 aliphatic rings. The van der Waals surface area contributed by atoms with E-state index >= 15 is 0 Å². The van der Waals surface area contributed by atoms with Gasteiger partial charge in [-0.1, -0.05) is 0 Å². The number of nitrogens with zero attached hydrogens (tertiary/aromatic N) is 3. The summed E-state index contributed by atoms with van der Waals surface area (Å²) in [6.07, 6.45) is -2.76. The second-order valence-corrected chi connectivity index (χ2v) is 5.02. The quantitative estimate of drug-likeness (QED) is 0.369. The number of anilines is 1. The van der Waals surface area contributed by atoms with Crippen molar-refractivity contribution in [1.29, 1.82) is 0 Å². The predicted octanol–water partition coefficient (Wildman–Crippen LogP) is -2.66. The lowest BCUT2D eigenvalue weighted by Crippen LogP contribution is -2.33. The first-order valence-electron chi connectivity index (χ1n) is 6.83. The van der Waals surface area contributed by atoms with Crippen LogP contribution in [-0.2, 0) is 9.53 Å². The van der Waals surface area contributed by atoms with Gasteiger partial charge in [-0.2, -0.15) is 4.98 Å². The minimum atomic E-state index is -1.32. The number of aliphatic hydroxyl groups is 3. The second kappa shape index (κ2) is 6.04. The molecular weight excluding hydrogens is 310 g/mol. The molecule has 0 aliphatic carbocycles. The molecule has 124 valence electrons. The van der Waals surface area contributed by atoms with Crippen LogP contribution in [0.5, 0.6) is 0 Å². The Kier molecular flexibility index (Phi) is 4.09. The number of imidazole rings is 1. The van der Waals surface area contributed by atoms with Crippen LogP contribution < -0.4 is 10.9 Å². The Morgan fingerprint density at radius 1 is 1.43 bits per heavy atom. The molecule has 0 amide bonds. The lowest BCUT2D eigenvalue weighted by atomic mass is 10.1. The highest BCUT2D eigenvalue weighted by Gasteiger charge is 2.44. The number of aromatic nitrogens is 4. The minimum Gasteiger partial charge on any atom is -0.394 e. The van der Waals surface area contributed by atoms with Gasteiger partial charge in [-0.05, 0) is 0 Å². The van der Waals surface area contributed by atoms with Crippen molar-refractivity contribution in [2.24, 2.45) is 0 Å². The van der Waals surface area contributed by atoms with Crippen LogP contribution in [-0.4, -0.2) is 72.6 Å². The summed E-state index contributed by atoms with van der Waals surface area (Å²) < 4.78 is 6.68. The van der Waals surface area contributed by atoms with Crippen LogP contribution in [0.2, 0.25) is 0 Å². The van der Waals surface area contributed by atoms with Crippen molar-refractivity contribution in [1.82, 2.24) is 19.5 Å². The van der Waals surface area contributed by atoms with Crippen LogP contribution in [0.3, 0.4) is 0 Å². The normalized spacial score (nSPS) is 27.4. The standard InChI is InChI=1S/C12H15N5O6/c18-2-1-13-12-15-9-6(10(22)16-12)14-4-17(9)11-8(21)7(20)5(3-19)23-11/h2,4-5,7-8,11,19-21H,1,3H2,(H2,13,15,16,22)/t5-,7?,8?,11-/m1/s1. The lowest BCUT2D eigenvalue weighted by molar-refractivity contribution is -0.106. The number of fused-ring (bicyclic) bond motifs is 1. The molecule has 3 rings (SSSR count). The molecule has 0 spiro atoms. The fraction of sp³-hybridized carbons (Fsp3) is 0.500. The van der Waals surface area contributed by atoms with Crippen LogP contribution >= 0.6 is 0 Å². The molecule has 1 fully saturated rings. The Hall–Kier alpha value is -2.34. The largest absolute Gasteiger partial charge is 0.394 e. The Morgan fingerprint density at radius 2 is 2.22 bits per heavy atom. The van der Waals surface area contributed by atoms with Gasteiger partial charge < -0.3 is 30.2 Å². The van der Waals surface area contributed by atoms with E-state index in [1.54, 1.807) is 0 Å². The highest BCUT2D eigenvalue weighted by Crippen LogP contribution is 2.30. The minimum absolute atomic E-state index is 0.0133. The summed E-state index contributed by atoms with van der Waals surface area (Å²) in [6.45, 7) is -0.516. The third-order valence-electron chi connectivity index (χ3n) is 3.58. The van der Waals surface area contributed by atoms with E-state index in [1.165, 1.54) is 10.9 Å². The maximum absolute atomic E-state index is 12.0. The predicted molar refractivity (Wildman–Crippen MR) is 75.7 cm³/mol. The van der Waals surface area contributed by atoms with Crippen LogP contribution in [0, 0.1) is 0 Å². The molecule has 5 N–H and O–H groups in total. The Bertz CT molecular complexity index is 773. The summed E-state index contributed by atoms with van der Waals surface area (Å²) in [5, 5.41) is 31.6. The highest BCUT2D eigenvalue weighted by atomic mass is 16.6. The summed E-state index contributed by atoms with van der Waals surface area (Å²) in [5.74, 6) is 0.0584. The van der Waals surface area contributed by atoms with Gasteiger partial charge >= 0.3 is 0 Å². The number of aldehydes is 1. The molecule has 2 aromatic rings. The molecule has 0 saturated carbocycles. The number of hydrogen-bond donors (Lipinski definition) is 5. The molecule has 0 bridgehead atoms. The van der Waals surface area contributed by atoms with E-state index in [1.807, 2.05) is 0 Å². The van der Waals surface area contributed by atoms with Crippen LogP contribution in [0.1, 0.15) is 6.23 Å². The van der Waals surface area contributed by atoms with E-state index in [2.05, 4.69) is 20.3 Å². The number of hydrogen-bond acceptors (Lipinski definition) is 9. The summed E-state index contributed by atoms with van der Waals surface area (Å²) in [6, 6.07) is 0. The average molecular weight is 325 g/mol. The van der Waals surface area contributed by atoms with Crippen molar-refractivity contribution < 1.29 is 24.9 Å². The van der Waals surface area contributed by atoms with E-state index in [0.717, 1.165) is 0 Å². The fourth-order valence-electron chi connectivity index (χ4n) is 2.44. The monoisotopic (exact) mass is 325 g/mol. The molecule has 1 aliphatic heterocycles. The zero-order chi connectivity index (χ0) is 16.6. The van der Waals surface area contributed by atoms with Gasteiger partial charge in [0.2, 0.25) is 5.95 Å². The van der Waals surface area contributed by atoms with Gasteiger partial charge in [0.15, 0.2) is 17.4 Å². The van der Waals surface area contributed by atoms with Crippen molar-refractivity contribution in [2.45, 2.75) is 24.5 Å². The Morgan fingerprint density at radius 3 is 2.87 bits per heavy atom. The molecule has 4 atom stereocenters. The number of H-pyrrole nitrogens is 1. The molecular formula is C12H15N5O6. The molecule has 2 aromatic heterocycles. The van der Waals surface area contributed by atoms with Crippen molar-refractivity contribution in [3.05, 3.63) is 16.7 Å². The van der Waals surface area contributed by atoms with Crippen molar-refractivity contribution in [3.8, 4) is 0 Å². The van der Waals surface area contributed by atoms with Crippen molar-refractivity contribution >= 4 is 23.4 Å².